The fourth-order valence-corrected chi connectivity index (χ4v) is 2.46. The van der Waals surface area contributed by atoms with Crippen LogP contribution in [0.25, 0.3) is 0 Å². The van der Waals surface area contributed by atoms with Crippen molar-refractivity contribution in [1.29, 1.82) is 0 Å². The second-order valence-corrected chi connectivity index (χ2v) is 4.98. The molecule has 1 aromatic carbocycles. The first-order chi connectivity index (χ1) is 9.72. The van der Waals surface area contributed by atoms with Crippen LogP contribution in [0.5, 0.6) is 5.75 Å². The summed E-state index contributed by atoms with van der Waals surface area (Å²) >= 11 is 0. The smallest absolute Gasteiger partial charge is 0.226 e. The number of carbonyl (C=O) groups is 1. The molecule has 0 spiro atoms. The van der Waals surface area contributed by atoms with Crippen LogP contribution in [0.2, 0.25) is 0 Å². The molecule has 1 aliphatic rings. The van der Waals surface area contributed by atoms with E-state index < -0.39 is 0 Å². The number of carbonyl (C=O) groups excluding carboxylic acids is 1. The third-order valence-electron chi connectivity index (χ3n) is 3.61. The van der Waals surface area contributed by atoms with Gasteiger partial charge in [0.15, 0.2) is 0 Å². The molecular weight excluding hydrogens is 258 g/mol. The Balaban J connectivity index is 2.06. The molecule has 0 aromatic heterocycles. The van der Waals surface area contributed by atoms with Crippen molar-refractivity contribution in [3.8, 4) is 5.75 Å². The normalized spacial score (nSPS) is 16.9. The lowest BCUT2D eigenvalue weighted by Crippen LogP contribution is -2.44. The van der Waals surface area contributed by atoms with Crippen molar-refractivity contribution in [2.75, 3.05) is 32.9 Å². The summed E-state index contributed by atoms with van der Waals surface area (Å²) in [5.41, 5.74) is 0.743. The van der Waals surface area contributed by atoms with Crippen LogP contribution in [0.1, 0.15) is 12.0 Å². The Kier molecular flexibility index (Phi) is 5.38. The average molecular weight is 279 g/mol. The first kappa shape index (κ1) is 14.8. The molecule has 1 heterocycles. The van der Waals surface area contributed by atoms with Gasteiger partial charge in [-0.2, -0.15) is 0 Å². The number of hydrogen-bond acceptors (Lipinski definition) is 4. The topological polar surface area (TPSA) is 70.0 Å². The summed E-state index contributed by atoms with van der Waals surface area (Å²) in [4.78, 5) is 14.3. The molecule has 1 fully saturated rings. The second-order valence-electron chi connectivity index (χ2n) is 4.98. The summed E-state index contributed by atoms with van der Waals surface area (Å²) in [5.74, 6) is -0.0674. The van der Waals surface area contributed by atoms with Crippen LogP contribution >= 0.6 is 0 Å². The van der Waals surface area contributed by atoms with Gasteiger partial charge in [-0.3, -0.25) is 4.79 Å². The molecule has 1 aromatic rings. The highest BCUT2D eigenvalue weighted by Gasteiger charge is 2.26. The van der Waals surface area contributed by atoms with Gasteiger partial charge in [0.05, 0.1) is 13.2 Å². The number of benzene rings is 1. The molecule has 1 aliphatic heterocycles. The number of aliphatic hydroxyl groups excluding tert-OH is 1. The molecule has 5 nitrogen and oxygen atoms in total. The number of para-hydroxylation sites is 1. The molecular formula is C15H21NO4. The van der Waals surface area contributed by atoms with Gasteiger partial charge in [-0.25, -0.2) is 0 Å². The zero-order valence-electron chi connectivity index (χ0n) is 11.5. The van der Waals surface area contributed by atoms with Crippen molar-refractivity contribution in [3.63, 3.8) is 0 Å². The van der Waals surface area contributed by atoms with E-state index in [-0.39, 0.29) is 24.2 Å². The minimum atomic E-state index is -0.300. The van der Waals surface area contributed by atoms with Gasteiger partial charge in [-0.15, -0.1) is 0 Å². The summed E-state index contributed by atoms with van der Waals surface area (Å²) < 4.78 is 5.24. The Morgan fingerprint density at radius 2 is 2.00 bits per heavy atom. The van der Waals surface area contributed by atoms with E-state index in [0.717, 1.165) is 5.56 Å². The van der Waals surface area contributed by atoms with Gasteiger partial charge in [-0.1, -0.05) is 18.2 Å². The van der Waals surface area contributed by atoms with Crippen molar-refractivity contribution in [3.05, 3.63) is 29.8 Å². The summed E-state index contributed by atoms with van der Waals surface area (Å²) in [7, 11) is 0. The van der Waals surface area contributed by atoms with Crippen molar-refractivity contribution >= 4 is 5.91 Å². The molecule has 0 radical (unpaired) electrons. The maximum absolute atomic E-state index is 12.5. The Hall–Kier alpha value is -1.59. The van der Waals surface area contributed by atoms with E-state index >= 15 is 0 Å². The van der Waals surface area contributed by atoms with Gasteiger partial charge in [0.25, 0.3) is 0 Å². The summed E-state index contributed by atoms with van der Waals surface area (Å²) in [6, 6.07) is 7.02. The molecule has 1 unspecified atom stereocenters. The maximum atomic E-state index is 12.5. The Morgan fingerprint density at radius 3 is 2.65 bits per heavy atom. The molecule has 1 saturated heterocycles. The highest BCUT2D eigenvalue weighted by atomic mass is 16.5. The molecule has 110 valence electrons. The molecule has 2 N–H and O–H groups in total. The number of phenolic OH excluding ortho intramolecular Hbond substituents is 1. The van der Waals surface area contributed by atoms with Crippen LogP contribution in [0.15, 0.2) is 24.3 Å². The van der Waals surface area contributed by atoms with Crippen molar-refractivity contribution in [1.82, 2.24) is 4.90 Å². The zero-order valence-corrected chi connectivity index (χ0v) is 11.5. The summed E-state index contributed by atoms with van der Waals surface area (Å²) in [6.07, 6.45) is 0.855. The average Bonchev–Trinajstić information content (AvgIpc) is 2.49. The SMILES string of the molecule is O=C(C(CCO)Cc1ccccc1O)N1CCOCC1. The van der Waals surface area contributed by atoms with E-state index in [1.807, 2.05) is 12.1 Å². The highest BCUT2D eigenvalue weighted by Crippen LogP contribution is 2.22. The van der Waals surface area contributed by atoms with Crippen LogP contribution in [-0.2, 0) is 16.0 Å². The monoisotopic (exact) mass is 279 g/mol. The van der Waals surface area contributed by atoms with Crippen LogP contribution in [0, 0.1) is 5.92 Å². The lowest BCUT2D eigenvalue weighted by atomic mass is 9.94. The number of ether oxygens (including phenoxy) is 1. The van der Waals surface area contributed by atoms with Crippen LogP contribution in [0.4, 0.5) is 0 Å². The van der Waals surface area contributed by atoms with E-state index in [1.165, 1.54) is 0 Å². The lowest BCUT2D eigenvalue weighted by Gasteiger charge is -2.30. The van der Waals surface area contributed by atoms with Gasteiger partial charge in [0.1, 0.15) is 5.75 Å². The number of morpholine rings is 1. The quantitative estimate of drug-likeness (QED) is 0.836. The fourth-order valence-electron chi connectivity index (χ4n) is 2.46. The van der Waals surface area contributed by atoms with Gasteiger partial charge in [-0.05, 0) is 24.5 Å². The number of hydrogen-bond donors (Lipinski definition) is 2. The number of amides is 1. The van der Waals surface area contributed by atoms with Crippen LogP contribution in [0.3, 0.4) is 0 Å². The minimum Gasteiger partial charge on any atom is -0.508 e. The van der Waals surface area contributed by atoms with Gasteiger partial charge >= 0.3 is 0 Å². The predicted molar refractivity (Wildman–Crippen MR) is 74.4 cm³/mol. The Labute approximate surface area is 118 Å². The van der Waals surface area contributed by atoms with Gasteiger partial charge in [0.2, 0.25) is 5.91 Å². The molecule has 5 heteroatoms. The molecule has 0 bridgehead atoms. The molecule has 20 heavy (non-hydrogen) atoms. The first-order valence-corrected chi connectivity index (χ1v) is 6.96. The van der Waals surface area contributed by atoms with E-state index in [4.69, 9.17) is 4.74 Å². The molecule has 2 rings (SSSR count). The Morgan fingerprint density at radius 1 is 1.30 bits per heavy atom. The number of nitrogens with zero attached hydrogens (tertiary/aromatic N) is 1. The minimum absolute atomic E-state index is 0.0330. The Bertz CT molecular complexity index is 443. The maximum Gasteiger partial charge on any atom is 0.226 e. The zero-order chi connectivity index (χ0) is 14.4. The summed E-state index contributed by atoms with van der Waals surface area (Å²) in [6.45, 7) is 2.29. The molecule has 1 atom stereocenters. The third kappa shape index (κ3) is 3.71. The molecule has 1 amide bonds. The van der Waals surface area contributed by atoms with Crippen molar-refractivity contribution < 1.29 is 19.7 Å². The largest absolute Gasteiger partial charge is 0.508 e. The first-order valence-electron chi connectivity index (χ1n) is 6.96. The standard InChI is InChI=1S/C15H21NO4/c17-8-5-13(11-12-3-1-2-4-14(12)18)15(19)16-6-9-20-10-7-16/h1-4,13,17-18H,5-11H2. The van der Waals surface area contributed by atoms with Gasteiger partial charge in [0, 0.05) is 25.6 Å². The van der Waals surface area contributed by atoms with Crippen LogP contribution in [-0.4, -0.2) is 53.9 Å². The highest BCUT2D eigenvalue weighted by molar-refractivity contribution is 5.79. The third-order valence-corrected chi connectivity index (χ3v) is 3.61. The van der Waals surface area contributed by atoms with E-state index in [1.54, 1.807) is 17.0 Å². The van der Waals surface area contributed by atoms with Gasteiger partial charge < -0.3 is 19.8 Å². The van der Waals surface area contributed by atoms with Crippen LogP contribution < -0.4 is 0 Å². The number of aliphatic hydroxyl groups is 1. The number of aromatic hydroxyl groups is 1. The van der Waals surface area contributed by atoms with Crippen molar-refractivity contribution in [2.45, 2.75) is 12.8 Å². The summed E-state index contributed by atoms with van der Waals surface area (Å²) in [5, 5.41) is 19.0. The van der Waals surface area contributed by atoms with E-state index in [0.29, 0.717) is 39.1 Å². The second kappa shape index (κ2) is 7.26. The fraction of sp³-hybridized carbons (Fsp3) is 0.533. The molecule has 0 aliphatic carbocycles. The lowest BCUT2D eigenvalue weighted by molar-refractivity contribution is -0.140. The number of rotatable bonds is 5. The predicted octanol–water partition coefficient (Wildman–Crippen LogP) is 0.792. The van der Waals surface area contributed by atoms with E-state index in [2.05, 4.69) is 0 Å². The molecule has 0 saturated carbocycles. The van der Waals surface area contributed by atoms with Crippen molar-refractivity contribution in [2.24, 2.45) is 5.92 Å². The number of phenols is 1. The van der Waals surface area contributed by atoms with E-state index in [9.17, 15) is 15.0 Å².